The average molecular weight is 742 g/mol. The third-order valence-corrected chi connectivity index (χ3v) is 8.63. The smallest absolute Gasteiger partial charge is 0.364 e. The number of ether oxygens (including phenoxy) is 2. The summed E-state index contributed by atoms with van der Waals surface area (Å²) < 4.78 is 40.7. The van der Waals surface area contributed by atoms with E-state index in [2.05, 4.69) is 16.0 Å². The molecule has 1 fully saturated rings. The van der Waals surface area contributed by atoms with Gasteiger partial charge in [0.05, 0.1) is 24.8 Å². The first-order valence-corrected chi connectivity index (χ1v) is 16.8. The van der Waals surface area contributed by atoms with E-state index in [-0.39, 0.29) is 31.4 Å². The highest BCUT2D eigenvalue weighted by atomic mass is 19.1. The molecule has 284 valence electrons. The predicted octanol–water partition coefficient (Wildman–Crippen LogP) is 2.62. The maximum Gasteiger partial charge on any atom is 0.364 e. The number of nitrogens with one attached hydrogen (secondary N) is 3. The van der Waals surface area contributed by atoms with Gasteiger partial charge in [-0.15, -0.1) is 0 Å². The summed E-state index contributed by atoms with van der Waals surface area (Å²) >= 11 is 0. The second kappa shape index (κ2) is 18.5. The standard InChI is InChI=1S/C37H41F2N3O11/c1-21(43)41-31-27(42-35(49)30-25(38)11-8-12-26(30)39)19-37(36(50)51,52-18-7-3-6-13-29(45)46)53-33(31)32(47)28(44)20-40-34(48)24-16-14-23(15-17-24)22-9-4-2-5-10-22/h2,4-5,8-12,14-17,27-28,31-33,44,47H,3,6-7,13,18-20H2,1H3,(H,40,48)(H,41,43)(H,42,49)(H,45,46)(H,50,51)/t27-,28+,31+,32+,33+,37+/m0/s1. The lowest BCUT2D eigenvalue weighted by Crippen LogP contribution is -2.71. The maximum absolute atomic E-state index is 14.6. The van der Waals surface area contributed by atoms with E-state index in [0.29, 0.717) is 6.42 Å². The summed E-state index contributed by atoms with van der Waals surface area (Å²) in [4.78, 5) is 62.2. The van der Waals surface area contributed by atoms with Crippen molar-refractivity contribution in [3.63, 3.8) is 0 Å². The van der Waals surface area contributed by atoms with E-state index in [9.17, 15) is 48.1 Å². The Labute approximate surface area is 303 Å². The van der Waals surface area contributed by atoms with Crippen LogP contribution < -0.4 is 16.0 Å². The molecule has 1 saturated heterocycles. The SMILES string of the molecule is CC(=O)N[C@H]1[C@H]([C@H](O)[C@H](O)CNC(=O)c2ccc(-c3ccccc3)cc2)O[C@@](OCCCCCC(=O)O)(C(=O)O)C[C@@H]1NC(=O)c1c(F)cccc1F. The van der Waals surface area contributed by atoms with Gasteiger partial charge >= 0.3 is 11.9 Å². The Balaban J connectivity index is 1.58. The van der Waals surface area contributed by atoms with E-state index in [1.807, 2.05) is 30.3 Å². The molecule has 7 N–H and O–H groups in total. The molecule has 0 radical (unpaired) electrons. The van der Waals surface area contributed by atoms with Gasteiger partial charge in [0.1, 0.15) is 29.4 Å². The molecule has 1 aliphatic heterocycles. The quantitative estimate of drug-likeness (QED) is 0.0997. The first-order valence-electron chi connectivity index (χ1n) is 16.8. The number of hydrogen-bond donors (Lipinski definition) is 7. The van der Waals surface area contributed by atoms with Gasteiger partial charge in [-0.1, -0.05) is 55.0 Å². The number of hydrogen-bond acceptors (Lipinski definition) is 9. The van der Waals surface area contributed by atoms with Crippen molar-refractivity contribution in [2.75, 3.05) is 13.2 Å². The molecule has 1 heterocycles. The zero-order chi connectivity index (χ0) is 38.7. The summed E-state index contributed by atoms with van der Waals surface area (Å²) in [6.07, 6.45) is -5.91. The van der Waals surface area contributed by atoms with Gasteiger partial charge in [0.15, 0.2) is 0 Å². The molecule has 53 heavy (non-hydrogen) atoms. The van der Waals surface area contributed by atoms with Crippen molar-refractivity contribution in [1.82, 2.24) is 16.0 Å². The number of benzene rings is 3. The minimum atomic E-state index is -2.65. The van der Waals surface area contributed by atoms with Gasteiger partial charge in [0.25, 0.3) is 17.6 Å². The average Bonchev–Trinajstić information content (AvgIpc) is 3.12. The third kappa shape index (κ3) is 10.6. The number of aliphatic hydroxyl groups is 2. The van der Waals surface area contributed by atoms with Crippen LogP contribution >= 0.6 is 0 Å². The zero-order valence-electron chi connectivity index (χ0n) is 28.7. The van der Waals surface area contributed by atoms with Gasteiger partial charge in [0.2, 0.25) is 5.91 Å². The van der Waals surface area contributed by atoms with Crippen LogP contribution in [0.5, 0.6) is 0 Å². The fourth-order valence-corrected chi connectivity index (χ4v) is 5.95. The van der Waals surface area contributed by atoms with Crippen molar-refractivity contribution < 1.29 is 62.7 Å². The summed E-state index contributed by atoms with van der Waals surface area (Å²) in [6, 6.07) is 15.6. The fraction of sp³-hybridized carbons (Fsp3) is 0.378. The van der Waals surface area contributed by atoms with Gasteiger partial charge in [-0.3, -0.25) is 19.2 Å². The van der Waals surface area contributed by atoms with E-state index in [1.165, 1.54) is 0 Å². The first kappa shape index (κ1) is 40.5. The van der Waals surface area contributed by atoms with Crippen molar-refractivity contribution in [1.29, 1.82) is 0 Å². The molecule has 14 nitrogen and oxygen atoms in total. The van der Waals surface area contributed by atoms with Crippen molar-refractivity contribution in [2.24, 2.45) is 0 Å². The van der Waals surface area contributed by atoms with Gasteiger partial charge in [-0.05, 0) is 48.2 Å². The second-order valence-corrected chi connectivity index (χ2v) is 12.5. The van der Waals surface area contributed by atoms with Crippen LogP contribution in [-0.4, -0.2) is 99.4 Å². The number of rotatable bonds is 17. The number of carbonyl (C=O) groups excluding carboxylic acids is 3. The molecule has 0 spiro atoms. The monoisotopic (exact) mass is 741 g/mol. The molecule has 4 rings (SSSR count). The van der Waals surface area contributed by atoms with Crippen molar-refractivity contribution >= 4 is 29.7 Å². The molecule has 0 saturated carbocycles. The number of carboxylic acids is 2. The highest BCUT2D eigenvalue weighted by Crippen LogP contribution is 2.34. The van der Waals surface area contributed by atoms with E-state index in [1.54, 1.807) is 24.3 Å². The number of aliphatic carboxylic acids is 2. The number of unbranched alkanes of at least 4 members (excludes halogenated alkanes) is 2. The Bertz CT molecular complexity index is 1740. The minimum absolute atomic E-state index is 0.138. The number of aliphatic hydroxyl groups excluding tert-OH is 2. The highest BCUT2D eigenvalue weighted by Gasteiger charge is 2.56. The lowest BCUT2D eigenvalue weighted by molar-refractivity contribution is -0.300. The highest BCUT2D eigenvalue weighted by molar-refractivity contribution is 5.95. The third-order valence-electron chi connectivity index (χ3n) is 8.63. The maximum atomic E-state index is 14.6. The Morgan fingerprint density at radius 3 is 2.09 bits per heavy atom. The molecule has 3 aromatic carbocycles. The van der Waals surface area contributed by atoms with E-state index in [4.69, 9.17) is 14.6 Å². The molecule has 3 amide bonds. The van der Waals surface area contributed by atoms with Crippen molar-refractivity contribution in [2.45, 2.75) is 75.2 Å². The normalized spacial score (nSPS) is 20.8. The van der Waals surface area contributed by atoms with Gasteiger partial charge in [0, 0.05) is 31.9 Å². The molecule has 0 bridgehead atoms. The van der Waals surface area contributed by atoms with E-state index >= 15 is 0 Å². The van der Waals surface area contributed by atoms with Crippen LogP contribution in [0.3, 0.4) is 0 Å². The Morgan fingerprint density at radius 2 is 1.49 bits per heavy atom. The molecule has 6 atom stereocenters. The summed E-state index contributed by atoms with van der Waals surface area (Å²) in [5.74, 6) is -10.6. The number of amides is 3. The molecule has 16 heteroatoms. The van der Waals surface area contributed by atoms with Gasteiger partial charge in [-0.2, -0.15) is 0 Å². The molecule has 0 aliphatic carbocycles. The van der Waals surface area contributed by atoms with Gasteiger partial charge in [-0.25, -0.2) is 13.6 Å². The van der Waals surface area contributed by atoms with Crippen LogP contribution in [0.1, 0.15) is 59.7 Å². The van der Waals surface area contributed by atoms with Crippen LogP contribution in [0, 0.1) is 11.6 Å². The molecular weight excluding hydrogens is 700 g/mol. The van der Waals surface area contributed by atoms with Crippen molar-refractivity contribution in [3.8, 4) is 11.1 Å². The van der Waals surface area contributed by atoms with Crippen LogP contribution in [0.2, 0.25) is 0 Å². The number of carbonyl (C=O) groups is 5. The topological polar surface area (TPSA) is 221 Å². The molecule has 1 aliphatic rings. The molecular formula is C37H41F2N3O11. The summed E-state index contributed by atoms with van der Waals surface area (Å²) in [5.41, 5.74) is 0.992. The summed E-state index contributed by atoms with van der Waals surface area (Å²) in [6.45, 7) is 0.185. The second-order valence-electron chi connectivity index (χ2n) is 12.5. The van der Waals surface area contributed by atoms with Crippen molar-refractivity contribution in [3.05, 3.63) is 95.6 Å². The zero-order valence-corrected chi connectivity index (χ0v) is 28.7. The molecule has 0 unspecified atom stereocenters. The largest absolute Gasteiger partial charge is 0.481 e. The lowest BCUT2D eigenvalue weighted by atomic mass is 9.86. The Morgan fingerprint density at radius 1 is 0.849 bits per heavy atom. The Hall–Kier alpha value is -5.29. The van der Waals surface area contributed by atoms with E-state index in [0.717, 1.165) is 36.2 Å². The first-order chi connectivity index (χ1) is 25.2. The minimum Gasteiger partial charge on any atom is -0.481 e. The fourth-order valence-electron chi connectivity index (χ4n) is 5.95. The molecule has 3 aromatic rings. The predicted molar refractivity (Wildman–Crippen MR) is 183 cm³/mol. The van der Waals surface area contributed by atoms with Crippen LogP contribution in [-0.2, 0) is 23.9 Å². The Kier molecular flexibility index (Phi) is 14.1. The molecule has 0 aromatic heterocycles. The summed E-state index contributed by atoms with van der Waals surface area (Å²) in [5, 5.41) is 49.0. The number of carboxylic acid groups (broad SMARTS) is 2. The van der Waals surface area contributed by atoms with Crippen LogP contribution in [0.15, 0.2) is 72.8 Å². The van der Waals surface area contributed by atoms with Crippen LogP contribution in [0.4, 0.5) is 8.78 Å². The van der Waals surface area contributed by atoms with E-state index < -0.39 is 96.0 Å². The number of halogens is 2. The lowest BCUT2D eigenvalue weighted by Gasteiger charge is -2.48. The summed E-state index contributed by atoms with van der Waals surface area (Å²) in [7, 11) is 0. The van der Waals surface area contributed by atoms with Crippen LogP contribution in [0.25, 0.3) is 11.1 Å². The van der Waals surface area contributed by atoms with Gasteiger partial charge < -0.3 is 45.9 Å².